The first kappa shape index (κ1) is 27.5. The van der Waals surface area contributed by atoms with E-state index in [0.717, 1.165) is 44.5 Å². The van der Waals surface area contributed by atoms with Crippen LogP contribution in [0.5, 0.6) is 0 Å². The largest absolute Gasteiger partial charge is 0.500 e. The summed E-state index contributed by atoms with van der Waals surface area (Å²) in [7, 11) is 0. The van der Waals surface area contributed by atoms with Crippen molar-refractivity contribution in [2.24, 2.45) is 0 Å². The van der Waals surface area contributed by atoms with Gasteiger partial charge in [0, 0.05) is 40.6 Å². The minimum Gasteiger partial charge on any atom is -0.500 e. The summed E-state index contributed by atoms with van der Waals surface area (Å²) >= 11 is 0. The summed E-state index contributed by atoms with van der Waals surface area (Å²) in [4.78, 5) is 8.82. The van der Waals surface area contributed by atoms with E-state index in [-0.39, 0.29) is 25.5 Å². The van der Waals surface area contributed by atoms with Gasteiger partial charge in [-0.1, -0.05) is 92.9 Å². The van der Waals surface area contributed by atoms with E-state index in [9.17, 15) is 0 Å². The summed E-state index contributed by atoms with van der Waals surface area (Å²) in [6.07, 6.45) is 2.06. The molecule has 0 N–H and O–H groups in total. The Bertz CT molecular complexity index is 2030. The molecule has 7 rings (SSSR count). The minimum atomic E-state index is -1.54. The summed E-state index contributed by atoms with van der Waals surface area (Å²) in [5, 5.41) is 2.24. The van der Waals surface area contributed by atoms with Crippen LogP contribution in [0.2, 0.25) is 0 Å². The van der Waals surface area contributed by atoms with Crippen LogP contribution in [0.3, 0.4) is 0 Å². The van der Waals surface area contributed by atoms with Gasteiger partial charge >= 0.3 is 0 Å². The maximum atomic E-state index is 8.40. The van der Waals surface area contributed by atoms with Crippen LogP contribution in [-0.4, -0.2) is 9.97 Å². The Hall–Kier alpha value is -4.37. The molecule has 1 radical (unpaired) electrons. The van der Waals surface area contributed by atoms with Gasteiger partial charge in [-0.05, 0) is 52.5 Å². The van der Waals surface area contributed by atoms with Gasteiger partial charge < -0.3 is 14.4 Å². The molecule has 0 aliphatic carbocycles. The SMILES string of the molecule is CC(C)(C)c1ccnc(-c2[c-]cc3oc4ccccc4c3c2)c1.[2H]C([2H])(c1ccccc1)c1cc[c-]c(-c2ccccn2)c1.[Ir]. The van der Waals surface area contributed by atoms with Crippen molar-refractivity contribution >= 4 is 21.9 Å². The molecule has 3 aromatic heterocycles. The van der Waals surface area contributed by atoms with E-state index in [1.54, 1.807) is 30.5 Å². The molecule has 0 saturated heterocycles. The molecule has 0 bridgehead atoms. The van der Waals surface area contributed by atoms with E-state index >= 15 is 0 Å². The van der Waals surface area contributed by atoms with Gasteiger partial charge in [0.15, 0.2) is 0 Å². The molecule has 0 atom stereocenters. The Balaban J connectivity index is 0.000000175. The molecule has 215 valence electrons. The van der Waals surface area contributed by atoms with Crippen molar-refractivity contribution in [2.75, 3.05) is 0 Å². The second-order valence-electron chi connectivity index (χ2n) is 11.1. The van der Waals surface area contributed by atoms with Crippen molar-refractivity contribution in [3.63, 3.8) is 0 Å². The average molecular weight is 739 g/mol. The number of fused-ring (bicyclic) bond motifs is 3. The first-order valence-electron chi connectivity index (χ1n) is 15.0. The molecular formula is C39H32IrN2O-2. The van der Waals surface area contributed by atoms with E-state index in [1.807, 2.05) is 72.9 Å². The molecule has 0 aliphatic heterocycles. The standard InChI is InChI=1S/C21H18NO.C18H14N.Ir/c1-21(2,3)15-10-11-22-18(13-15)14-8-9-20-17(12-14)16-6-4-5-7-19(16)23-20;1-2-7-15(8-3-1)13-16-9-6-10-17(14-16)18-11-4-5-12-19-18;/h4-7,9-13H,1-3H3;1-9,11-12,14H,13H2;/q2*-1;/i;13D2;. The van der Waals surface area contributed by atoms with Gasteiger partial charge in [0.1, 0.15) is 5.58 Å². The summed E-state index contributed by atoms with van der Waals surface area (Å²) in [6, 6.07) is 43.0. The smallest absolute Gasteiger partial charge is 0.120 e. The van der Waals surface area contributed by atoms with Crippen molar-refractivity contribution in [1.29, 1.82) is 0 Å². The number of rotatable bonds is 4. The van der Waals surface area contributed by atoms with Crippen molar-refractivity contribution in [3.05, 3.63) is 156 Å². The van der Waals surface area contributed by atoms with Crippen LogP contribution in [0.25, 0.3) is 44.5 Å². The van der Waals surface area contributed by atoms with Crippen LogP contribution in [0.15, 0.2) is 132 Å². The normalized spacial score (nSPS) is 12.1. The van der Waals surface area contributed by atoms with Gasteiger partial charge in [0.25, 0.3) is 0 Å². The maximum Gasteiger partial charge on any atom is 0.120 e. The van der Waals surface area contributed by atoms with Crippen molar-refractivity contribution in [1.82, 2.24) is 9.97 Å². The van der Waals surface area contributed by atoms with E-state index in [1.165, 1.54) is 5.56 Å². The Morgan fingerprint density at radius 1 is 0.674 bits per heavy atom. The number of nitrogens with zero attached hydrogens (tertiary/aromatic N) is 2. The summed E-state index contributed by atoms with van der Waals surface area (Å²) in [5.41, 5.74) is 7.93. The van der Waals surface area contributed by atoms with E-state index < -0.39 is 6.37 Å². The van der Waals surface area contributed by atoms with E-state index in [0.29, 0.717) is 11.1 Å². The first-order valence-corrected chi connectivity index (χ1v) is 14.0. The fourth-order valence-electron chi connectivity index (χ4n) is 4.76. The van der Waals surface area contributed by atoms with E-state index in [2.05, 4.69) is 67.1 Å². The van der Waals surface area contributed by atoms with Crippen LogP contribution in [-0.2, 0) is 31.9 Å². The zero-order valence-corrected chi connectivity index (χ0v) is 26.7. The van der Waals surface area contributed by atoms with Gasteiger partial charge in [0.2, 0.25) is 0 Å². The van der Waals surface area contributed by atoms with Crippen molar-refractivity contribution in [3.8, 4) is 22.5 Å². The summed E-state index contributed by atoms with van der Waals surface area (Å²) in [5.74, 6) is 0. The predicted octanol–water partition coefficient (Wildman–Crippen LogP) is 9.88. The fraction of sp³-hybridized carbons (Fsp3) is 0.128. The number of hydrogen-bond acceptors (Lipinski definition) is 3. The Labute approximate surface area is 269 Å². The number of aromatic nitrogens is 2. The summed E-state index contributed by atoms with van der Waals surface area (Å²) < 4.78 is 22.7. The topological polar surface area (TPSA) is 38.9 Å². The fourth-order valence-corrected chi connectivity index (χ4v) is 4.76. The molecule has 43 heavy (non-hydrogen) atoms. The van der Waals surface area contributed by atoms with Crippen LogP contribution in [0, 0.1) is 12.1 Å². The molecule has 3 nitrogen and oxygen atoms in total. The third kappa shape index (κ3) is 7.17. The van der Waals surface area contributed by atoms with Crippen LogP contribution < -0.4 is 0 Å². The third-order valence-electron chi connectivity index (χ3n) is 7.02. The van der Waals surface area contributed by atoms with Gasteiger partial charge in [-0.15, -0.1) is 59.2 Å². The van der Waals surface area contributed by atoms with E-state index in [4.69, 9.17) is 7.16 Å². The van der Waals surface area contributed by atoms with Gasteiger partial charge in [-0.25, -0.2) is 0 Å². The number of pyridine rings is 2. The zero-order valence-electron chi connectivity index (χ0n) is 26.3. The second-order valence-corrected chi connectivity index (χ2v) is 11.1. The van der Waals surface area contributed by atoms with Crippen molar-refractivity contribution in [2.45, 2.75) is 32.6 Å². The number of hydrogen-bond donors (Lipinski definition) is 0. The molecule has 7 aromatic rings. The van der Waals surface area contributed by atoms with Crippen LogP contribution in [0.1, 0.15) is 40.2 Å². The minimum absolute atomic E-state index is 0. The molecule has 4 heteroatoms. The Morgan fingerprint density at radius 2 is 1.42 bits per heavy atom. The number of furan rings is 1. The molecule has 0 fully saturated rings. The number of benzene rings is 4. The maximum absolute atomic E-state index is 8.40. The quantitative estimate of drug-likeness (QED) is 0.169. The van der Waals surface area contributed by atoms with Gasteiger partial charge in [0.05, 0.1) is 5.58 Å². The molecule has 0 unspecified atom stereocenters. The number of para-hydroxylation sites is 1. The van der Waals surface area contributed by atoms with Gasteiger partial charge in [-0.3, -0.25) is 0 Å². The third-order valence-corrected chi connectivity index (χ3v) is 7.02. The molecule has 3 heterocycles. The molecule has 0 amide bonds. The molecule has 0 spiro atoms. The Morgan fingerprint density at radius 3 is 2.21 bits per heavy atom. The second kappa shape index (κ2) is 13.3. The zero-order chi connectivity index (χ0) is 30.7. The van der Waals surface area contributed by atoms with Gasteiger partial charge in [-0.2, -0.15) is 0 Å². The molecule has 0 saturated carbocycles. The predicted molar refractivity (Wildman–Crippen MR) is 172 cm³/mol. The molecular weight excluding hydrogens is 705 g/mol. The molecule has 0 aliphatic rings. The van der Waals surface area contributed by atoms with Crippen LogP contribution in [0.4, 0.5) is 0 Å². The Kier molecular flexibility index (Phi) is 8.49. The average Bonchev–Trinajstić information content (AvgIpc) is 3.44. The monoisotopic (exact) mass is 739 g/mol. The van der Waals surface area contributed by atoms with Crippen LogP contribution >= 0.6 is 0 Å². The first-order chi connectivity index (χ1) is 21.2. The van der Waals surface area contributed by atoms with Crippen molar-refractivity contribution < 1.29 is 27.3 Å². The summed E-state index contributed by atoms with van der Waals surface area (Å²) in [6.45, 7) is 6.63. The molecule has 4 aromatic carbocycles.